The molecule has 0 saturated carbocycles. The average Bonchev–Trinajstić information content (AvgIpc) is 2.95. The average molecular weight is 342 g/mol. The molecule has 0 bridgehead atoms. The van der Waals surface area contributed by atoms with Gasteiger partial charge in [-0.1, -0.05) is 13.0 Å². The third-order valence-electron chi connectivity index (χ3n) is 2.78. The summed E-state index contributed by atoms with van der Waals surface area (Å²) in [7, 11) is -3.71. The molecule has 8 heteroatoms. The second-order valence-corrected chi connectivity index (χ2v) is 7.62. The number of carbonyl (C=O) groups excluding carboxylic acids is 1. The lowest BCUT2D eigenvalue weighted by Gasteiger charge is -2.06. The number of thiophene rings is 1. The minimum atomic E-state index is -3.71. The molecule has 22 heavy (non-hydrogen) atoms. The highest BCUT2D eigenvalue weighted by atomic mass is 32.2. The van der Waals surface area contributed by atoms with Crippen LogP contribution in [0.2, 0.25) is 0 Å². The lowest BCUT2D eigenvalue weighted by atomic mass is 10.3. The molecule has 2 rings (SSSR count). The molecule has 1 amide bonds. The summed E-state index contributed by atoms with van der Waals surface area (Å²) in [5.74, 6) is -1.05. The normalized spacial score (nSPS) is 11.4. The zero-order valence-electron chi connectivity index (χ0n) is 11.8. The number of rotatable bonds is 6. The van der Waals surface area contributed by atoms with E-state index < -0.39 is 28.3 Å². The van der Waals surface area contributed by atoms with Gasteiger partial charge in [-0.2, -0.15) is 0 Å². The number of aryl methyl sites for hydroxylation is 1. The standard InChI is InChI=1S/C14H15FN2O3S2/c1-2-12-6-7-14(21-12)22(19,20)16-9-13(18)17-11-5-3-4-10(15)8-11/h3-8,16H,2,9H2,1H3,(H,17,18). The van der Waals surface area contributed by atoms with E-state index in [4.69, 9.17) is 0 Å². The van der Waals surface area contributed by atoms with E-state index >= 15 is 0 Å². The number of sulfonamides is 1. The number of halogens is 1. The topological polar surface area (TPSA) is 75.3 Å². The molecule has 2 N–H and O–H groups in total. The van der Waals surface area contributed by atoms with Crippen LogP contribution in [-0.4, -0.2) is 20.9 Å². The minimum Gasteiger partial charge on any atom is -0.325 e. The van der Waals surface area contributed by atoms with Crippen LogP contribution in [0.5, 0.6) is 0 Å². The van der Waals surface area contributed by atoms with Gasteiger partial charge in [0.2, 0.25) is 5.91 Å². The van der Waals surface area contributed by atoms with E-state index in [1.54, 1.807) is 6.07 Å². The lowest BCUT2D eigenvalue weighted by Crippen LogP contribution is -2.32. The van der Waals surface area contributed by atoms with Crippen LogP contribution in [0, 0.1) is 5.82 Å². The van der Waals surface area contributed by atoms with Crippen molar-refractivity contribution < 1.29 is 17.6 Å². The van der Waals surface area contributed by atoms with Crippen LogP contribution in [0.3, 0.4) is 0 Å². The highest BCUT2D eigenvalue weighted by molar-refractivity contribution is 7.91. The van der Waals surface area contributed by atoms with E-state index in [-0.39, 0.29) is 9.90 Å². The van der Waals surface area contributed by atoms with Crippen molar-refractivity contribution in [1.82, 2.24) is 4.72 Å². The second kappa shape index (κ2) is 6.99. The fourth-order valence-electron chi connectivity index (χ4n) is 1.70. The van der Waals surface area contributed by atoms with Crippen LogP contribution >= 0.6 is 11.3 Å². The first-order chi connectivity index (χ1) is 10.4. The number of hydrogen-bond donors (Lipinski definition) is 2. The molecule has 0 spiro atoms. The van der Waals surface area contributed by atoms with Gasteiger partial charge >= 0.3 is 0 Å². The van der Waals surface area contributed by atoms with Crippen LogP contribution in [0.25, 0.3) is 0 Å². The first kappa shape index (κ1) is 16.6. The molecular formula is C14H15FN2O3S2. The number of hydrogen-bond acceptors (Lipinski definition) is 4. The quantitative estimate of drug-likeness (QED) is 0.846. The summed E-state index contributed by atoms with van der Waals surface area (Å²) in [4.78, 5) is 12.7. The van der Waals surface area contributed by atoms with Crippen LogP contribution in [0.1, 0.15) is 11.8 Å². The van der Waals surface area contributed by atoms with E-state index in [0.29, 0.717) is 0 Å². The SMILES string of the molecule is CCc1ccc(S(=O)(=O)NCC(=O)Nc2cccc(F)c2)s1. The van der Waals surface area contributed by atoms with Crippen LogP contribution in [-0.2, 0) is 21.2 Å². The van der Waals surface area contributed by atoms with Crippen molar-refractivity contribution in [3.63, 3.8) is 0 Å². The number of amides is 1. The highest BCUT2D eigenvalue weighted by Crippen LogP contribution is 2.21. The number of nitrogens with one attached hydrogen (secondary N) is 2. The molecule has 1 aromatic carbocycles. The summed E-state index contributed by atoms with van der Waals surface area (Å²) in [6, 6.07) is 8.62. The van der Waals surface area contributed by atoms with Gasteiger partial charge in [0, 0.05) is 10.6 Å². The Bertz CT molecular complexity index is 772. The molecule has 0 saturated heterocycles. The molecule has 5 nitrogen and oxygen atoms in total. The van der Waals surface area contributed by atoms with Gasteiger partial charge in [0.1, 0.15) is 10.0 Å². The first-order valence-electron chi connectivity index (χ1n) is 6.54. The Morgan fingerprint density at radius 3 is 2.68 bits per heavy atom. The molecule has 0 atom stereocenters. The van der Waals surface area contributed by atoms with Gasteiger partial charge in [-0.05, 0) is 36.8 Å². The van der Waals surface area contributed by atoms with Crippen LogP contribution < -0.4 is 10.0 Å². The minimum absolute atomic E-state index is 0.169. The van der Waals surface area contributed by atoms with Crippen molar-refractivity contribution >= 4 is 33.0 Å². The smallest absolute Gasteiger partial charge is 0.250 e. The van der Waals surface area contributed by atoms with Gasteiger partial charge in [-0.15, -0.1) is 11.3 Å². The van der Waals surface area contributed by atoms with Crippen molar-refractivity contribution in [2.75, 3.05) is 11.9 Å². The predicted octanol–water partition coefficient (Wildman–Crippen LogP) is 2.37. The van der Waals surface area contributed by atoms with E-state index in [0.717, 1.165) is 17.4 Å². The lowest BCUT2D eigenvalue weighted by molar-refractivity contribution is -0.115. The molecular weight excluding hydrogens is 327 g/mol. The van der Waals surface area contributed by atoms with Crippen LogP contribution in [0.4, 0.5) is 10.1 Å². The van der Waals surface area contributed by atoms with E-state index in [1.165, 1.54) is 35.6 Å². The molecule has 1 aromatic heterocycles. The van der Waals surface area contributed by atoms with Gasteiger partial charge in [0.15, 0.2) is 0 Å². The van der Waals surface area contributed by atoms with Crippen molar-refractivity contribution in [2.45, 2.75) is 17.6 Å². The highest BCUT2D eigenvalue weighted by Gasteiger charge is 2.17. The first-order valence-corrected chi connectivity index (χ1v) is 8.84. The maximum atomic E-state index is 13.0. The molecule has 0 aliphatic carbocycles. The molecule has 0 radical (unpaired) electrons. The van der Waals surface area contributed by atoms with Crippen molar-refractivity contribution in [3.8, 4) is 0 Å². The summed E-state index contributed by atoms with van der Waals surface area (Å²) >= 11 is 1.17. The van der Waals surface area contributed by atoms with Gasteiger partial charge in [-0.25, -0.2) is 17.5 Å². The Morgan fingerprint density at radius 1 is 1.27 bits per heavy atom. The Labute approximate surface area is 132 Å². The number of benzene rings is 1. The monoisotopic (exact) mass is 342 g/mol. The van der Waals surface area contributed by atoms with E-state index in [1.807, 2.05) is 6.92 Å². The summed E-state index contributed by atoms with van der Waals surface area (Å²) in [6.45, 7) is 1.51. The summed E-state index contributed by atoms with van der Waals surface area (Å²) < 4.78 is 39.4. The molecule has 2 aromatic rings. The van der Waals surface area contributed by atoms with Gasteiger partial charge < -0.3 is 5.32 Å². The van der Waals surface area contributed by atoms with Crippen LogP contribution in [0.15, 0.2) is 40.6 Å². The second-order valence-electron chi connectivity index (χ2n) is 4.46. The Morgan fingerprint density at radius 2 is 2.05 bits per heavy atom. The van der Waals surface area contributed by atoms with Gasteiger partial charge in [0.25, 0.3) is 10.0 Å². The largest absolute Gasteiger partial charge is 0.325 e. The molecule has 0 fully saturated rings. The summed E-state index contributed by atoms with van der Waals surface area (Å²) in [5, 5.41) is 2.42. The summed E-state index contributed by atoms with van der Waals surface area (Å²) in [5.41, 5.74) is 0.272. The Kier molecular flexibility index (Phi) is 5.28. The van der Waals surface area contributed by atoms with Crippen molar-refractivity contribution in [2.24, 2.45) is 0 Å². The molecule has 118 valence electrons. The molecule has 1 heterocycles. The maximum absolute atomic E-state index is 13.0. The fourth-order valence-corrected chi connectivity index (χ4v) is 4.02. The zero-order valence-corrected chi connectivity index (χ0v) is 13.4. The fraction of sp³-hybridized carbons (Fsp3) is 0.214. The maximum Gasteiger partial charge on any atom is 0.250 e. The van der Waals surface area contributed by atoms with Gasteiger partial charge in [-0.3, -0.25) is 4.79 Å². The third kappa shape index (κ3) is 4.36. The molecule has 0 aliphatic heterocycles. The predicted molar refractivity (Wildman–Crippen MR) is 83.9 cm³/mol. The number of anilines is 1. The van der Waals surface area contributed by atoms with Crippen molar-refractivity contribution in [1.29, 1.82) is 0 Å². The molecule has 0 unspecified atom stereocenters. The zero-order chi connectivity index (χ0) is 16.2. The Hall–Kier alpha value is -1.77. The molecule has 0 aliphatic rings. The van der Waals surface area contributed by atoms with E-state index in [9.17, 15) is 17.6 Å². The number of carbonyl (C=O) groups is 1. The van der Waals surface area contributed by atoms with Gasteiger partial charge in [0.05, 0.1) is 6.54 Å². The summed E-state index contributed by atoms with van der Waals surface area (Å²) in [6.07, 6.45) is 0.750. The Balaban J connectivity index is 1.95. The third-order valence-corrected chi connectivity index (χ3v) is 5.90. The van der Waals surface area contributed by atoms with E-state index in [2.05, 4.69) is 10.0 Å². The van der Waals surface area contributed by atoms with Crippen molar-refractivity contribution in [3.05, 3.63) is 47.1 Å².